The summed E-state index contributed by atoms with van der Waals surface area (Å²) in [5, 5.41) is 0. The summed E-state index contributed by atoms with van der Waals surface area (Å²) in [5.41, 5.74) is 9.89. The van der Waals surface area contributed by atoms with Crippen molar-refractivity contribution >= 4 is 15.9 Å². The topological polar surface area (TPSA) is 29.3 Å². The normalized spacial score (nSPS) is 12.6. The van der Waals surface area contributed by atoms with Crippen LogP contribution in [0.2, 0.25) is 0 Å². The number of nitrogens with zero attached hydrogens (tertiary/aromatic N) is 1. The summed E-state index contributed by atoms with van der Waals surface area (Å²) in [6.45, 7) is 3.72. The average Bonchev–Trinajstić information content (AvgIpc) is 2.50. The molecule has 1 unspecified atom stereocenters. The lowest BCUT2D eigenvalue weighted by molar-refractivity contribution is 0.253. The molecule has 0 heterocycles. The Kier molecular flexibility index (Phi) is 5.97. The quantitative estimate of drug-likeness (QED) is 0.858. The van der Waals surface area contributed by atoms with Gasteiger partial charge in [-0.25, -0.2) is 0 Å². The van der Waals surface area contributed by atoms with E-state index < -0.39 is 0 Å². The van der Waals surface area contributed by atoms with Crippen LogP contribution in [0.3, 0.4) is 0 Å². The minimum Gasteiger partial charge on any atom is -0.329 e. The van der Waals surface area contributed by atoms with Crippen LogP contribution in [-0.2, 0) is 6.42 Å². The Labute approximate surface area is 136 Å². The fourth-order valence-corrected chi connectivity index (χ4v) is 2.89. The maximum absolute atomic E-state index is 6.01. The molecular weight excluding hydrogens is 324 g/mol. The van der Waals surface area contributed by atoms with Crippen molar-refractivity contribution in [2.45, 2.75) is 19.4 Å². The smallest absolute Gasteiger partial charge is 0.0467 e. The van der Waals surface area contributed by atoms with Gasteiger partial charge in [0.2, 0.25) is 0 Å². The number of benzene rings is 2. The minimum atomic E-state index is 0.255. The van der Waals surface area contributed by atoms with Crippen LogP contribution in [0.5, 0.6) is 0 Å². The number of aryl methyl sites for hydroxylation is 1. The summed E-state index contributed by atoms with van der Waals surface area (Å²) in [5.74, 6) is 0. The molecule has 2 aromatic carbocycles. The maximum atomic E-state index is 6.01. The molecule has 0 aliphatic rings. The minimum absolute atomic E-state index is 0.255. The monoisotopic (exact) mass is 346 g/mol. The lowest BCUT2D eigenvalue weighted by atomic mass is 10.0. The van der Waals surface area contributed by atoms with Gasteiger partial charge in [0.1, 0.15) is 0 Å². The molecule has 2 nitrogen and oxygen atoms in total. The Balaban J connectivity index is 2.04. The molecule has 21 heavy (non-hydrogen) atoms. The van der Waals surface area contributed by atoms with Crippen molar-refractivity contribution < 1.29 is 0 Å². The zero-order chi connectivity index (χ0) is 15.2. The number of hydrogen-bond donors (Lipinski definition) is 1. The average molecular weight is 347 g/mol. The zero-order valence-electron chi connectivity index (χ0n) is 12.7. The molecule has 2 aromatic rings. The molecule has 2 N–H and O–H groups in total. The van der Waals surface area contributed by atoms with E-state index in [1.165, 1.54) is 16.7 Å². The number of likely N-dealkylation sites (N-methyl/N-ethyl adjacent to an activating group) is 1. The second kappa shape index (κ2) is 7.74. The summed E-state index contributed by atoms with van der Waals surface area (Å²) < 4.78 is 1.15. The van der Waals surface area contributed by atoms with E-state index in [-0.39, 0.29) is 6.04 Å². The standard InChI is InChI=1S/C18H23BrN2/c1-14-8-9-16(12-17(14)19)18(13-20)21(2)11-10-15-6-4-3-5-7-15/h3-9,12,18H,10-11,13,20H2,1-2H3. The van der Waals surface area contributed by atoms with Crippen molar-refractivity contribution in [3.63, 3.8) is 0 Å². The predicted molar refractivity (Wildman–Crippen MR) is 93.5 cm³/mol. The SMILES string of the molecule is Cc1ccc(C(CN)N(C)CCc2ccccc2)cc1Br. The fraction of sp³-hybridized carbons (Fsp3) is 0.333. The molecule has 0 radical (unpaired) electrons. The van der Waals surface area contributed by atoms with Gasteiger partial charge in [-0.15, -0.1) is 0 Å². The van der Waals surface area contributed by atoms with E-state index in [4.69, 9.17) is 5.73 Å². The van der Waals surface area contributed by atoms with Crippen molar-refractivity contribution in [3.05, 3.63) is 69.7 Å². The summed E-state index contributed by atoms with van der Waals surface area (Å²) in [6, 6.07) is 17.3. The molecule has 0 amide bonds. The van der Waals surface area contributed by atoms with Crippen LogP contribution in [0.15, 0.2) is 53.0 Å². The summed E-state index contributed by atoms with van der Waals surface area (Å²) >= 11 is 3.61. The van der Waals surface area contributed by atoms with E-state index in [2.05, 4.69) is 83.3 Å². The van der Waals surface area contributed by atoms with Gasteiger partial charge < -0.3 is 5.73 Å². The first kappa shape index (κ1) is 16.2. The molecule has 0 saturated carbocycles. The first-order chi connectivity index (χ1) is 10.1. The lowest BCUT2D eigenvalue weighted by Gasteiger charge is -2.27. The van der Waals surface area contributed by atoms with E-state index >= 15 is 0 Å². The van der Waals surface area contributed by atoms with Crippen LogP contribution in [0, 0.1) is 6.92 Å². The molecule has 3 heteroatoms. The zero-order valence-corrected chi connectivity index (χ0v) is 14.3. The highest BCUT2D eigenvalue weighted by Crippen LogP contribution is 2.24. The van der Waals surface area contributed by atoms with E-state index in [0.29, 0.717) is 6.54 Å². The lowest BCUT2D eigenvalue weighted by Crippen LogP contribution is -2.32. The molecule has 0 aliphatic heterocycles. The second-order valence-corrected chi connectivity index (χ2v) is 6.33. The molecule has 2 rings (SSSR count). The van der Waals surface area contributed by atoms with Gasteiger partial charge >= 0.3 is 0 Å². The van der Waals surface area contributed by atoms with Gasteiger partial charge in [0.05, 0.1) is 0 Å². The van der Waals surface area contributed by atoms with Crippen LogP contribution in [-0.4, -0.2) is 25.0 Å². The number of halogens is 1. The van der Waals surface area contributed by atoms with Gasteiger partial charge in [-0.3, -0.25) is 4.90 Å². The van der Waals surface area contributed by atoms with Crippen molar-refractivity contribution in [1.29, 1.82) is 0 Å². The summed E-state index contributed by atoms with van der Waals surface area (Å²) in [7, 11) is 2.15. The van der Waals surface area contributed by atoms with Gasteiger partial charge in [0.25, 0.3) is 0 Å². The molecule has 112 valence electrons. The van der Waals surface area contributed by atoms with Gasteiger partial charge in [-0.1, -0.05) is 58.4 Å². The first-order valence-electron chi connectivity index (χ1n) is 7.32. The van der Waals surface area contributed by atoms with E-state index in [1.54, 1.807) is 0 Å². The first-order valence-corrected chi connectivity index (χ1v) is 8.11. The van der Waals surface area contributed by atoms with Crippen LogP contribution in [0.25, 0.3) is 0 Å². The molecule has 0 bridgehead atoms. The number of nitrogens with two attached hydrogens (primary N) is 1. The number of hydrogen-bond acceptors (Lipinski definition) is 2. The largest absolute Gasteiger partial charge is 0.329 e. The Bertz CT molecular complexity index is 569. The van der Waals surface area contributed by atoms with Crippen molar-refractivity contribution in [1.82, 2.24) is 4.90 Å². The van der Waals surface area contributed by atoms with Crippen molar-refractivity contribution in [2.24, 2.45) is 5.73 Å². The van der Waals surface area contributed by atoms with Crippen molar-refractivity contribution in [3.8, 4) is 0 Å². The summed E-state index contributed by atoms with van der Waals surface area (Å²) in [6.07, 6.45) is 1.04. The van der Waals surface area contributed by atoms with E-state index in [0.717, 1.165) is 17.4 Å². The van der Waals surface area contributed by atoms with E-state index in [9.17, 15) is 0 Å². The molecule has 0 spiro atoms. The second-order valence-electron chi connectivity index (χ2n) is 5.48. The highest BCUT2D eigenvalue weighted by atomic mass is 79.9. The Morgan fingerprint density at radius 3 is 2.48 bits per heavy atom. The molecule has 0 aliphatic carbocycles. The molecule has 0 fully saturated rings. The van der Waals surface area contributed by atoms with E-state index in [1.807, 2.05) is 0 Å². The maximum Gasteiger partial charge on any atom is 0.0467 e. The highest BCUT2D eigenvalue weighted by molar-refractivity contribution is 9.10. The van der Waals surface area contributed by atoms with Crippen molar-refractivity contribution in [2.75, 3.05) is 20.1 Å². The molecule has 0 saturated heterocycles. The molecule has 1 atom stereocenters. The third kappa shape index (κ3) is 4.40. The van der Waals surface area contributed by atoms with Gasteiger partial charge in [0.15, 0.2) is 0 Å². The predicted octanol–water partition coefficient (Wildman–Crippen LogP) is 3.93. The Hall–Kier alpha value is -1.16. The van der Waals surface area contributed by atoms with Gasteiger partial charge in [-0.05, 0) is 43.1 Å². The van der Waals surface area contributed by atoms with Crippen LogP contribution >= 0.6 is 15.9 Å². The molecular formula is C18H23BrN2. The third-order valence-electron chi connectivity index (χ3n) is 3.93. The molecule has 0 aromatic heterocycles. The fourth-order valence-electron chi connectivity index (χ4n) is 2.49. The van der Waals surface area contributed by atoms with Crippen LogP contribution in [0.4, 0.5) is 0 Å². The highest BCUT2D eigenvalue weighted by Gasteiger charge is 2.16. The summed E-state index contributed by atoms with van der Waals surface area (Å²) in [4.78, 5) is 2.34. The van der Waals surface area contributed by atoms with Gasteiger partial charge in [-0.2, -0.15) is 0 Å². The number of rotatable bonds is 6. The van der Waals surface area contributed by atoms with Gasteiger partial charge in [0, 0.05) is 23.6 Å². The van der Waals surface area contributed by atoms with Crippen LogP contribution < -0.4 is 5.73 Å². The third-order valence-corrected chi connectivity index (χ3v) is 4.79. The Morgan fingerprint density at radius 2 is 1.86 bits per heavy atom. The van der Waals surface area contributed by atoms with Crippen LogP contribution in [0.1, 0.15) is 22.7 Å². The Morgan fingerprint density at radius 1 is 1.14 bits per heavy atom.